The minimum absolute atomic E-state index is 0.420. The van der Waals surface area contributed by atoms with Crippen LogP contribution in [0.15, 0.2) is 12.4 Å². The molecule has 4 nitrogen and oxygen atoms in total. The molecule has 0 amide bonds. The zero-order chi connectivity index (χ0) is 10.9. The van der Waals surface area contributed by atoms with Crippen molar-refractivity contribution < 1.29 is 0 Å². The lowest BCUT2D eigenvalue weighted by Gasteiger charge is -2.08. The maximum atomic E-state index is 4.21. The molecule has 4 heteroatoms. The van der Waals surface area contributed by atoms with E-state index < -0.39 is 0 Å². The predicted octanol–water partition coefficient (Wildman–Crippen LogP) is 2.12. The molecule has 1 fully saturated rings. The highest BCUT2D eigenvalue weighted by atomic mass is 15.1. The number of rotatable bonds is 4. The number of hydrogen-bond acceptors (Lipinski definition) is 4. The van der Waals surface area contributed by atoms with E-state index in [1.54, 1.807) is 6.33 Å². The van der Waals surface area contributed by atoms with Gasteiger partial charge in [-0.3, -0.25) is 0 Å². The first-order valence-corrected chi connectivity index (χ1v) is 5.44. The summed E-state index contributed by atoms with van der Waals surface area (Å²) in [5.41, 5.74) is 0.420. The first-order valence-electron chi connectivity index (χ1n) is 5.44. The van der Waals surface area contributed by atoms with E-state index in [0.717, 1.165) is 18.2 Å². The van der Waals surface area contributed by atoms with Crippen molar-refractivity contribution in [1.82, 2.24) is 9.97 Å². The molecule has 1 aliphatic carbocycles. The topological polar surface area (TPSA) is 49.8 Å². The van der Waals surface area contributed by atoms with Crippen LogP contribution in [-0.2, 0) is 0 Å². The van der Waals surface area contributed by atoms with Gasteiger partial charge in [0, 0.05) is 18.7 Å². The van der Waals surface area contributed by atoms with Crippen LogP contribution in [0.1, 0.15) is 27.2 Å². The summed E-state index contributed by atoms with van der Waals surface area (Å²) in [4.78, 5) is 8.34. The standard InChI is InChI=1S/C11H18N4/c1-4-12-9-5-10(14-7-13-9)15-8-6-11(8,2)3/h5,7-8H,4,6H2,1-3H3,(H2,12,13,14,15). The largest absolute Gasteiger partial charge is 0.370 e. The molecule has 1 atom stereocenters. The molecule has 1 aliphatic rings. The van der Waals surface area contributed by atoms with Crippen molar-refractivity contribution >= 4 is 11.6 Å². The molecule has 0 aromatic carbocycles. The van der Waals surface area contributed by atoms with Crippen LogP contribution in [-0.4, -0.2) is 22.6 Å². The van der Waals surface area contributed by atoms with Crippen molar-refractivity contribution in [3.05, 3.63) is 12.4 Å². The molecular formula is C11H18N4. The molecule has 1 aromatic rings. The second-order valence-corrected chi connectivity index (χ2v) is 4.71. The Balaban J connectivity index is 2.00. The third-order valence-electron chi connectivity index (χ3n) is 2.86. The minimum atomic E-state index is 0.420. The van der Waals surface area contributed by atoms with Gasteiger partial charge in [-0.15, -0.1) is 0 Å². The highest BCUT2D eigenvalue weighted by Gasteiger charge is 2.45. The van der Waals surface area contributed by atoms with Crippen LogP contribution in [0.2, 0.25) is 0 Å². The van der Waals surface area contributed by atoms with Gasteiger partial charge in [0.25, 0.3) is 0 Å². The van der Waals surface area contributed by atoms with Gasteiger partial charge >= 0.3 is 0 Å². The Morgan fingerprint density at radius 1 is 1.40 bits per heavy atom. The van der Waals surface area contributed by atoms with E-state index in [1.165, 1.54) is 6.42 Å². The fraction of sp³-hybridized carbons (Fsp3) is 0.636. The average Bonchev–Trinajstić information content (AvgIpc) is 2.74. The quantitative estimate of drug-likeness (QED) is 0.792. The number of nitrogens with one attached hydrogen (secondary N) is 2. The highest BCUT2D eigenvalue weighted by molar-refractivity contribution is 5.48. The molecular weight excluding hydrogens is 188 g/mol. The Hall–Kier alpha value is -1.32. The highest BCUT2D eigenvalue weighted by Crippen LogP contribution is 2.46. The van der Waals surface area contributed by atoms with Crippen LogP contribution < -0.4 is 10.6 Å². The third-order valence-corrected chi connectivity index (χ3v) is 2.86. The molecule has 2 rings (SSSR count). The molecule has 2 N–H and O–H groups in total. The number of anilines is 2. The van der Waals surface area contributed by atoms with E-state index in [1.807, 2.05) is 6.07 Å². The molecule has 0 spiro atoms. The zero-order valence-electron chi connectivity index (χ0n) is 9.54. The van der Waals surface area contributed by atoms with Crippen LogP contribution in [0.4, 0.5) is 11.6 Å². The van der Waals surface area contributed by atoms with Crippen LogP contribution in [0.5, 0.6) is 0 Å². The summed E-state index contributed by atoms with van der Waals surface area (Å²) in [6.07, 6.45) is 2.81. The normalized spacial score (nSPS) is 22.2. The monoisotopic (exact) mass is 206 g/mol. The summed E-state index contributed by atoms with van der Waals surface area (Å²) < 4.78 is 0. The molecule has 0 saturated heterocycles. The van der Waals surface area contributed by atoms with Crippen molar-refractivity contribution in [1.29, 1.82) is 0 Å². The van der Waals surface area contributed by atoms with Crippen LogP contribution in [0.25, 0.3) is 0 Å². The molecule has 0 bridgehead atoms. The SMILES string of the molecule is CCNc1cc(NC2CC2(C)C)ncn1. The van der Waals surface area contributed by atoms with E-state index in [9.17, 15) is 0 Å². The molecule has 15 heavy (non-hydrogen) atoms. The molecule has 0 radical (unpaired) electrons. The van der Waals surface area contributed by atoms with E-state index in [-0.39, 0.29) is 0 Å². The summed E-state index contributed by atoms with van der Waals surface area (Å²) in [6.45, 7) is 7.46. The maximum Gasteiger partial charge on any atom is 0.131 e. The Morgan fingerprint density at radius 2 is 2.07 bits per heavy atom. The smallest absolute Gasteiger partial charge is 0.131 e. The van der Waals surface area contributed by atoms with Gasteiger partial charge in [-0.1, -0.05) is 13.8 Å². The third kappa shape index (κ3) is 2.37. The maximum absolute atomic E-state index is 4.21. The lowest BCUT2D eigenvalue weighted by molar-refractivity contribution is 0.630. The Morgan fingerprint density at radius 3 is 2.67 bits per heavy atom. The molecule has 1 aromatic heterocycles. The summed E-state index contributed by atoms with van der Waals surface area (Å²) in [7, 11) is 0. The molecule has 1 saturated carbocycles. The first kappa shape index (κ1) is 10.2. The first-order chi connectivity index (χ1) is 7.12. The second kappa shape index (κ2) is 3.68. The van der Waals surface area contributed by atoms with E-state index in [4.69, 9.17) is 0 Å². The Kier molecular flexibility index (Phi) is 2.50. The van der Waals surface area contributed by atoms with E-state index >= 15 is 0 Å². The van der Waals surface area contributed by atoms with Gasteiger partial charge in [0.1, 0.15) is 18.0 Å². The van der Waals surface area contributed by atoms with Gasteiger partial charge < -0.3 is 10.6 Å². The van der Waals surface area contributed by atoms with Crippen molar-refractivity contribution in [2.45, 2.75) is 33.2 Å². The lowest BCUT2D eigenvalue weighted by Crippen LogP contribution is -2.10. The van der Waals surface area contributed by atoms with Crippen molar-refractivity contribution in [3.63, 3.8) is 0 Å². The average molecular weight is 206 g/mol. The summed E-state index contributed by atoms with van der Waals surface area (Å²) >= 11 is 0. The number of aromatic nitrogens is 2. The summed E-state index contributed by atoms with van der Waals surface area (Å²) in [6, 6.07) is 2.51. The molecule has 82 valence electrons. The van der Waals surface area contributed by atoms with Crippen molar-refractivity contribution in [3.8, 4) is 0 Å². The van der Waals surface area contributed by atoms with Crippen molar-refractivity contribution in [2.75, 3.05) is 17.2 Å². The summed E-state index contributed by atoms with van der Waals surface area (Å²) in [5.74, 6) is 1.80. The van der Waals surface area contributed by atoms with Crippen molar-refractivity contribution in [2.24, 2.45) is 5.41 Å². The number of nitrogens with zero attached hydrogens (tertiary/aromatic N) is 2. The van der Waals surface area contributed by atoms with E-state index in [0.29, 0.717) is 11.5 Å². The predicted molar refractivity (Wildman–Crippen MR) is 62.0 cm³/mol. The van der Waals surface area contributed by atoms with Gasteiger partial charge in [-0.2, -0.15) is 0 Å². The summed E-state index contributed by atoms with van der Waals surface area (Å²) in [5, 5.41) is 6.58. The Labute approximate surface area is 90.5 Å². The Bertz CT molecular complexity index is 348. The zero-order valence-corrected chi connectivity index (χ0v) is 9.54. The molecule has 1 heterocycles. The van der Waals surface area contributed by atoms with Crippen LogP contribution in [0, 0.1) is 5.41 Å². The van der Waals surface area contributed by atoms with Crippen LogP contribution in [0.3, 0.4) is 0 Å². The lowest BCUT2D eigenvalue weighted by atomic mass is 10.2. The van der Waals surface area contributed by atoms with Gasteiger partial charge in [0.05, 0.1) is 0 Å². The fourth-order valence-corrected chi connectivity index (χ4v) is 1.61. The fourth-order valence-electron chi connectivity index (χ4n) is 1.61. The minimum Gasteiger partial charge on any atom is -0.370 e. The van der Waals surface area contributed by atoms with Gasteiger partial charge in [-0.25, -0.2) is 9.97 Å². The van der Waals surface area contributed by atoms with Crippen LogP contribution >= 0.6 is 0 Å². The van der Waals surface area contributed by atoms with E-state index in [2.05, 4.69) is 41.4 Å². The molecule has 0 aliphatic heterocycles. The molecule has 1 unspecified atom stereocenters. The van der Waals surface area contributed by atoms with Gasteiger partial charge in [0.15, 0.2) is 0 Å². The van der Waals surface area contributed by atoms with Gasteiger partial charge in [0.2, 0.25) is 0 Å². The van der Waals surface area contributed by atoms with Gasteiger partial charge in [-0.05, 0) is 18.8 Å². The second-order valence-electron chi connectivity index (χ2n) is 4.71. The number of hydrogen-bond donors (Lipinski definition) is 2.